The Morgan fingerprint density at radius 2 is 2.00 bits per heavy atom. The summed E-state index contributed by atoms with van der Waals surface area (Å²) in [4.78, 5) is 5.18. The first-order chi connectivity index (χ1) is 8.94. The van der Waals surface area contributed by atoms with Crippen LogP contribution >= 0.6 is 0 Å². The van der Waals surface area contributed by atoms with Gasteiger partial charge in [-0.15, -0.1) is 0 Å². The van der Waals surface area contributed by atoms with Crippen molar-refractivity contribution < 1.29 is 0 Å². The van der Waals surface area contributed by atoms with Crippen LogP contribution in [0.5, 0.6) is 0 Å². The van der Waals surface area contributed by atoms with Crippen molar-refractivity contribution in [2.24, 2.45) is 17.1 Å². The van der Waals surface area contributed by atoms with E-state index in [1.807, 2.05) is 0 Å². The SMILES string of the molecule is CCC1CN(CC2CCCC(C)(C)C2N)CCN1C. The summed E-state index contributed by atoms with van der Waals surface area (Å²) in [7, 11) is 2.26. The first kappa shape index (κ1) is 15.3. The maximum Gasteiger partial charge on any atom is 0.0218 e. The van der Waals surface area contributed by atoms with E-state index in [1.165, 1.54) is 51.9 Å². The summed E-state index contributed by atoms with van der Waals surface area (Å²) < 4.78 is 0. The molecule has 2 N–H and O–H groups in total. The maximum absolute atomic E-state index is 6.53. The van der Waals surface area contributed by atoms with E-state index in [4.69, 9.17) is 5.73 Å². The quantitative estimate of drug-likeness (QED) is 0.850. The van der Waals surface area contributed by atoms with Crippen molar-refractivity contribution in [3.05, 3.63) is 0 Å². The van der Waals surface area contributed by atoms with Gasteiger partial charge in [0, 0.05) is 38.3 Å². The minimum absolute atomic E-state index is 0.333. The highest BCUT2D eigenvalue weighted by Crippen LogP contribution is 2.38. The van der Waals surface area contributed by atoms with Crippen LogP contribution in [0.2, 0.25) is 0 Å². The van der Waals surface area contributed by atoms with Gasteiger partial charge >= 0.3 is 0 Å². The van der Waals surface area contributed by atoms with E-state index in [-0.39, 0.29) is 0 Å². The molecule has 2 rings (SSSR count). The van der Waals surface area contributed by atoms with Crippen LogP contribution < -0.4 is 5.73 Å². The van der Waals surface area contributed by atoms with Crippen molar-refractivity contribution >= 4 is 0 Å². The molecule has 19 heavy (non-hydrogen) atoms. The molecule has 1 aliphatic heterocycles. The molecule has 3 unspecified atom stereocenters. The smallest absolute Gasteiger partial charge is 0.0218 e. The molecule has 0 radical (unpaired) electrons. The Bertz CT molecular complexity index is 290. The molecule has 3 nitrogen and oxygen atoms in total. The molecule has 0 aromatic heterocycles. The standard InChI is InChI=1S/C16H33N3/c1-5-14-12-19(10-9-18(14)4)11-13-7-6-8-16(2,3)15(13)17/h13-15H,5-12,17H2,1-4H3. The molecule has 0 aromatic carbocycles. The Morgan fingerprint density at radius 3 is 2.68 bits per heavy atom. The molecular weight excluding hydrogens is 234 g/mol. The number of piperazine rings is 1. The van der Waals surface area contributed by atoms with E-state index in [0.717, 1.165) is 6.04 Å². The third-order valence-electron chi connectivity index (χ3n) is 5.63. The first-order valence-corrected chi connectivity index (χ1v) is 8.12. The van der Waals surface area contributed by atoms with Crippen molar-refractivity contribution in [2.75, 3.05) is 33.2 Å². The van der Waals surface area contributed by atoms with Crippen LogP contribution in [0.4, 0.5) is 0 Å². The molecule has 1 heterocycles. The van der Waals surface area contributed by atoms with Crippen LogP contribution in [0, 0.1) is 11.3 Å². The second-order valence-electron chi connectivity index (χ2n) is 7.47. The molecule has 1 saturated carbocycles. The normalized spacial score (nSPS) is 37.4. The lowest BCUT2D eigenvalue weighted by Gasteiger charge is -2.46. The van der Waals surface area contributed by atoms with Gasteiger partial charge in [-0.05, 0) is 37.6 Å². The zero-order valence-corrected chi connectivity index (χ0v) is 13.4. The van der Waals surface area contributed by atoms with Crippen molar-refractivity contribution in [3.8, 4) is 0 Å². The number of likely N-dealkylation sites (N-methyl/N-ethyl adjacent to an activating group) is 1. The molecule has 112 valence electrons. The highest BCUT2D eigenvalue weighted by Gasteiger charge is 2.37. The van der Waals surface area contributed by atoms with Gasteiger partial charge in [0.1, 0.15) is 0 Å². The van der Waals surface area contributed by atoms with E-state index in [9.17, 15) is 0 Å². The van der Waals surface area contributed by atoms with Gasteiger partial charge < -0.3 is 15.5 Å². The predicted octanol–water partition coefficient (Wildman–Crippen LogP) is 2.17. The van der Waals surface area contributed by atoms with E-state index in [2.05, 4.69) is 37.6 Å². The zero-order valence-electron chi connectivity index (χ0n) is 13.4. The summed E-state index contributed by atoms with van der Waals surface area (Å²) in [6.45, 7) is 11.9. The summed E-state index contributed by atoms with van der Waals surface area (Å²) in [5, 5.41) is 0. The lowest BCUT2D eigenvalue weighted by atomic mass is 9.68. The minimum Gasteiger partial charge on any atom is -0.327 e. The molecule has 0 bridgehead atoms. The average molecular weight is 267 g/mol. The fourth-order valence-corrected chi connectivity index (χ4v) is 3.96. The van der Waals surface area contributed by atoms with E-state index < -0.39 is 0 Å². The Balaban J connectivity index is 1.90. The van der Waals surface area contributed by atoms with Crippen LogP contribution in [0.15, 0.2) is 0 Å². The zero-order chi connectivity index (χ0) is 14.0. The maximum atomic E-state index is 6.53. The summed E-state index contributed by atoms with van der Waals surface area (Å²) in [6, 6.07) is 1.11. The number of hydrogen-bond donors (Lipinski definition) is 1. The number of nitrogens with zero attached hydrogens (tertiary/aromatic N) is 2. The average Bonchev–Trinajstić information content (AvgIpc) is 2.37. The Kier molecular flexibility index (Phi) is 4.91. The molecule has 3 atom stereocenters. The van der Waals surface area contributed by atoms with Gasteiger partial charge in [-0.2, -0.15) is 0 Å². The highest BCUT2D eigenvalue weighted by atomic mass is 15.3. The molecule has 0 spiro atoms. The van der Waals surface area contributed by atoms with Gasteiger partial charge in [0.15, 0.2) is 0 Å². The molecule has 1 saturated heterocycles. The third-order valence-corrected chi connectivity index (χ3v) is 5.63. The summed E-state index contributed by atoms with van der Waals surface area (Å²) in [6.07, 6.45) is 5.24. The number of rotatable bonds is 3. The fraction of sp³-hybridized carbons (Fsp3) is 1.00. The van der Waals surface area contributed by atoms with Gasteiger partial charge in [0.2, 0.25) is 0 Å². The Morgan fingerprint density at radius 1 is 1.26 bits per heavy atom. The van der Waals surface area contributed by atoms with Gasteiger partial charge in [-0.3, -0.25) is 0 Å². The van der Waals surface area contributed by atoms with Gasteiger partial charge in [0.05, 0.1) is 0 Å². The van der Waals surface area contributed by atoms with Gasteiger partial charge in [-0.25, -0.2) is 0 Å². The van der Waals surface area contributed by atoms with E-state index >= 15 is 0 Å². The number of hydrogen-bond acceptors (Lipinski definition) is 3. The van der Waals surface area contributed by atoms with Crippen molar-refractivity contribution in [1.82, 2.24) is 9.80 Å². The second-order valence-corrected chi connectivity index (χ2v) is 7.47. The summed E-state index contributed by atoms with van der Waals surface area (Å²) >= 11 is 0. The van der Waals surface area contributed by atoms with Crippen LogP contribution in [0.25, 0.3) is 0 Å². The minimum atomic E-state index is 0.333. The largest absolute Gasteiger partial charge is 0.327 e. The topological polar surface area (TPSA) is 32.5 Å². The van der Waals surface area contributed by atoms with E-state index in [0.29, 0.717) is 17.4 Å². The van der Waals surface area contributed by atoms with Crippen molar-refractivity contribution in [2.45, 2.75) is 58.5 Å². The monoisotopic (exact) mass is 267 g/mol. The van der Waals surface area contributed by atoms with Crippen LogP contribution in [0.3, 0.4) is 0 Å². The Labute approximate surface area is 119 Å². The van der Waals surface area contributed by atoms with Crippen molar-refractivity contribution in [1.29, 1.82) is 0 Å². The molecule has 1 aliphatic carbocycles. The van der Waals surface area contributed by atoms with E-state index in [1.54, 1.807) is 0 Å². The lowest BCUT2D eigenvalue weighted by Crippen LogP contribution is -2.55. The highest BCUT2D eigenvalue weighted by molar-refractivity contribution is 4.93. The van der Waals surface area contributed by atoms with Crippen LogP contribution in [-0.2, 0) is 0 Å². The fourth-order valence-electron chi connectivity index (χ4n) is 3.96. The summed E-state index contributed by atoms with van der Waals surface area (Å²) in [5.74, 6) is 0.699. The third kappa shape index (κ3) is 3.50. The molecule has 0 amide bonds. The predicted molar refractivity (Wildman–Crippen MR) is 82.2 cm³/mol. The van der Waals surface area contributed by atoms with Gasteiger partial charge in [-0.1, -0.05) is 27.2 Å². The van der Waals surface area contributed by atoms with Gasteiger partial charge in [0.25, 0.3) is 0 Å². The van der Waals surface area contributed by atoms with Crippen molar-refractivity contribution in [3.63, 3.8) is 0 Å². The number of nitrogens with two attached hydrogens (primary N) is 1. The first-order valence-electron chi connectivity index (χ1n) is 8.12. The Hall–Kier alpha value is -0.120. The molecule has 3 heteroatoms. The van der Waals surface area contributed by atoms with Crippen LogP contribution in [0.1, 0.15) is 46.5 Å². The van der Waals surface area contributed by atoms with Crippen LogP contribution in [-0.4, -0.2) is 55.1 Å². The molecule has 2 fully saturated rings. The molecule has 2 aliphatic rings. The summed E-state index contributed by atoms with van der Waals surface area (Å²) in [5.41, 5.74) is 6.86. The molecule has 0 aromatic rings. The lowest BCUT2D eigenvalue weighted by molar-refractivity contribution is 0.0522. The molecular formula is C16H33N3. The second kappa shape index (κ2) is 6.11.